The molecule has 1 aromatic carbocycles. The number of carbonyl (C=O) groups excluding carboxylic acids is 1. The maximum absolute atomic E-state index is 11.2. The van der Waals surface area contributed by atoms with Crippen molar-refractivity contribution in [1.82, 2.24) is 9.80 Å². The molecule has 1 fully saturated rings. The lowest BCUT2D eigenvalue weighted by molar-refractivity contribution is -0.133. The molecule has 86 valence electrons. The third-order valence-electron chi connectivity index (χ3n) is 3.23. The predicted molar refractivity (Wildman–Crippen MR) is 64.0 cm³/mol. The Hall–Kier alpha value is -1.35. The highest BCUT2D eigenvalue weighted by atomic mass is 16.2. The minimum Gasteiger partial charge on any atom is -0.340 e. The number of amides is 1. The molecule has 0 aliphatic carbocycles. The second-order valence-corrected chi connectivity index (χ2v) is 4.46. The maximum atomic E-state index is 11.2. The van der Waals surface area contributed by atoms with Gasteiger partial charge in [0.05, 0.1) is 6.04 Å². The van der Waals surface area contributed by atoms with E-state index in [2.05, 4.69) is 29.2 Å². The zero-order valence-corrected chi connectivity index (χ0v) is 9.89. The fourth-order valence-electron chi connectivity index (χ4n) is 2.02. The van der Waals surface area contributed by atoms with Crippen molar-refractivity contribution in [3.63, 3.8) is 0 Å². The van der Waals surface area contributed by atoms with E-state index in [0.29, 0.717) is 6.04 Å². The Morgan fingerprint density at radius 2 is 2.00 bits per heavy atom. The first-order valence-electron chi connectivity index (χ1n) is 5.66. The third-order valence-corrected chi connectivity index (χ3v) is 3.23. The molecule has 0 bridgehead atoms. The lowest BCUT2D eigenvalue weighted by Gasteiger charge is -2.43. The minimum absolute atomic E-state index is 0.157. The second-order valence-electron chi connectivity index (χ2n) is 4.46. The average molecular weight is 218 g/mol. The molecule has 0 unspecified atom stereocenters. The predicted octanol–water partition coefficient (Wildman–Crippen LogP) is 1.35. The van der Waals surface area contributed by atoms with Gasteiger partial charge in [-0.25, -0.2) is 0 Å². The van der Waals surface area contributed by atoms with E-state index < -0.39 is 0 Å². The number of rotatable bonds is 3. The molecule has 0 saturated carbocycles. The zero-order valence-electron chi connectivity index (χ0n) is 9.89. The molecule has 0 N–H and O–H groups in total. The van der Waals surface area contributed by atoms with Crippen LogP contribution in [0, 0.1) is 0 Å². The minimum atomic E-state index is 0.157. The molecule has 1 saturated heterocycles. The molecular formula is C13H18N2O. The number of hydrogen-bond donors (Lipinski definition) is 0. The first-order valence-corrected chi connectivity index (χ1v) is 5.66. The second kappa shape index (κ2) is 4.66. The van der Waals surface area contributed by atoms with Gasteiger partial charge in [-0.2, -0.15) is 0 Å². The number of likely N-dealkylation sites (tertiary alicyclic amines) is 1. The van der Waals surface area contributed by atoms with Crippen molar-refractivity contribution >= 4 is 5.91 Å². The molecule has 0 aromatic heterocycles. The highest BCUT2D eigenvalue weighted by Gasteiger charge is 2.30. The van der Waals surface area contributed by atoms with Crippen LogP contribution >= 0.6 is 0 Å². The van der Waals surface area contributed by atoms with Crippen molar-refractivity contribution in [3.8, 4) is 0 Å². The molecule has 1 heterocycles. The number of carbonyl (C=O) groups is 1. The van der Waals surface area contributed by atoms with Gasteiger partial charge in [0.2, 0.25) is 5.91 Å². The smallest absolute Gasteiger partial charge is 0.219 e. The average Bonchev–Trinajstić information content (AvgIpc) is 2.23. The van der Waals surface area contributed by atoms with E-state index in [1.165, 1.54) is 5.56 Å². The van der Waals surface area contributed by atoms with Gasteiger partial charge in [0.15, 0.2) is 0 Å². The van der Waals surface area contributed by atoms with Crippen LogP contribution in [0.25, 0.3) is 0 Å². The highest BCUT2D eigenvalue weighted by Crippen LogP contribution is 2.16. The van der Waals surface area contributed by atoms with E-state index in [9.17, 15) is 4.79 Å². The van der Waals surface area contributed by atoms with Crippen LogP contribution in [-0.4, -0.2) is 41.9 Å². The molecule has 16 heavy (non-hydrogen) atoms. The Morgan fingerprint density at radius 1 is 1.38 bits per heavy atom. The summed E-state index contributed by atoms with van der Waals surface area (Å²) in [6.07, 6.45) is 0. The molecule has 1 aliphatic heterocycles. The Morgan fingerprint density at radius 3 is 2.56 bits per heavy atom. The van der Waals surface area contributed by atoms with Gasteiger partial charge in [0.25, 0.3) is 0 Å². The van der Waals surface area contributed by atoms with Gasteiger partial charge in [-0.15, -0.1) is 0 Å². The third kappa shape index (κ3) is 2.42. The molecule has 2 rings (SSSR count). The van der Waals surface area contributed by atoms with Crippen LogP contribution in [0.4, 0.5) is 0 Å². The van der Waals surface area contributed by atoms with E-state index in [4.69, 9.17) is 0 Å². The molecular weight excluding hydrogens is 200 g/mol. The van der Waals surface area contributed by atoms with E-state index in [0.717, 1.165) is 19.6 Å². The van der Waals surface area contributed by atoms with Crippen LogP contribution in [0.5, 0.6) is 0 Å². The number of benzene rings is 1. The van der Waals surface area contributed by atoms with E-state index >= 15 is 0 Å². The summed E-state index contributed by atoms with van der Waals surface area (Å²) < 4.78 is 0. The molecule has 1 amide bonds. The summed E-state index contributed by atoms with van der Waals surface area (Å²) in [5.41, 5.74) is 1.34. The van der Waals surface area contributed by atoms with Crippen molar-refractivity contribution in [1.29, 1.82) is 0 Å². The Kier molecular flexibility index (Phi) is 3.25. The SMILES string of the molecule is CC(=O)N(C)C1CN(Cc2ccccc2)C1. The summed E-state index contributed by atoms with van der Waals surface area (Å²) in [5.74, 6) is 0.157. The van der Waals surface area contributed by atoms with Gasteiger partial charge in [0.1, 0.15) is 0 Å². The lowest BCUT2D eigenvalue weighted by atomic mass is 10.1. The van der Waals surface area contributed by atoms with Crippen LogP contribution in [0.2, 0.25) is 0 Å². The molecule has 1 aliphatic rings. The Balaban J connectivity index is 1.79. The van der Waals surface area contributed by atoms with Gasteiger partial charge in [-0.1, -0.05) is 30.3 Å². The zero-order chi connectivity index (χ0) is 11.5. The quantitative estimate of drug-likeness (QED) is 0.764. The van der Waals surface area contributed by atoms with Crippen LogP contribution < -0.4 is 0 Å². The molecule has 0 atom stereocenters. The number of hydrogen-bond acceptors (Lipinski definition) is 2. The van der Waals surface area contributed by atoms with Gasteiger partial charge >= 0.3 is 0 Å². The summed E-state index contributed by atoms with van der Waals surface area (Å²) >= 11 is 0. The number of likely N-dealkylation sites (N-methyl/N-ethyl adjacent to an activating group) is 1. The normalized spacial score (nSPS) is 16.9. The topological polar surface area (TPSA) is 23.6 Å². The highest BCUT2D eigenvalue weighted by molar-refractivity contribution is 5.73. The van der Waals surface area contributed by atoms with Gasteiger partial charge < -0.3 is 4.90 Å². The summed E-state index contributed by atoms with van der Waals surface area (Å²) in [6.45, 7) is 4.60. The van der Waals surface area contributed by atoms with Crippen molar-refractivity contribution in [2.45, 2.75) is 19.5 Å². The van der Waals surface area contributed by atoms with Crippen LogP contribution in [0.1, 0.15) is 12.5 Å². The summed E-state index contributed by atoms with van der Waals surface area (Å²) in [7, 11) is 1.88. The van der Waals surface area contributed by atoms with Crippen LogP contribution in [0.15, 0.2) is 30.3 Å². The Bertz CT molecular complexity index is 357. The standard InChI is InChI=1S/C13H18N2O/c1-11(16)14(2)13-9-15(10-13)8-12-6-4-3-5-7-12/h3-7,13H,8-10H2,1-2H3. The van der Waals surface area contributed by atoms with Crippen molar-refractivity contribution in [2.75, 3.05) is 20.1 Å². The molecule has 1 aromatic rings. The van der Waals surface area contributed by atoms with E-state index in [1.807, 2.05) is 18.0 Å². The summed E-state index contributed by atoms with van der Waals surface area (Å²) in [4.78, 5) is 15.3. The molecule has 3 nitrogen and oxygen atoms in total. The van der Waals surface area contributed by atoms with E-state index in [-0.39, 0.29) is 5.91 Å². The van der Waals surface area contributed by atoms with Crippen molar-refractivity contribution in [2.24, 2.45) is 0 Å². The summed E-state index contributed by atoms with van der Waals surface area (Å²) in [6, 6.07) is 10.8. The maximum Gasteiger partial charge on any atom is 0.219 e. The molecule has 0 spiro atoms. The fourth-order valence-corrected chi connectivity index (χ4v) is 2.02. The van der Waals surface area contributed by atoms with Crippen LogP contribution in [-0.2, 0) is 11.3 Å². The Labute approximate surface area is 96.7 Å². The summed E-state index contributed by atoms with van der Waals surface area (Å²) in [5, 5.41) is 0. The first kappa shape index (κ1) is 11.1. The fraction of sp³-hybridized carbons (Fsp3) is 0.462. The van der Waals surface area contributed by atoms with Gasteiger partial charge in [-0.05, 0) is 5.56 Å². The van der Waals surface area contributed by atoms with E-state index in [1.54, 1.807) is 6.92 Å². The van der Waals surface area contributed by atoms with Crippen molar-refractivity contribution < 1.29 is 4.79 Å². The van der Waals surface area contributed by atoms with Crippen molar-refractivity contribution in [3.05, 3.63) is 35.9 Å². The molecule has 3 heteroatoms. The van der Waals surface area contributed by atoms with Gasteiger partial charge in [0, 0.05) is 33.6 Å². The monoisotopic (exact) mass is 218 g/mol. The lowest BCUT2D eigenvalue weighted by Crippen LogP contribution is -2.58. The number of nitrogens with zero attached hydrogens (tertiary/aromatic N) is 2. The van der Waals surface area contributed by atoms with Gasteiger partial charge in [-0.3, -0.25) is 9.69 Å². The van der Waals surface area contributed by atoms with Crippen LogP contribution in [0.3, 0.4) is 0 Å². The largest absolute Gasteiger partial charge is 0.340 e. The first-order chi connectivity index (χ1) is 7.66. The molecule has 0 radical (unpaired) electrons.